The lowest BCUT2D eigenvalue weighted by molar-refractivity contribution is -0.763. The molecule has 8 atom stereocenters. The SMILES string of the molecule is C[C@]12C=CC(=O)C=C1CC[C@H]1[C@@H]3C[C@@H](O)[C@](O)(C(=O)COC(=O)CNC(=O)Cc4ccc(CO[N+](=O)[O-])cc4)[C@@]3(C)C[C@H](O)[C@@]12F. The number of alkyl halides is 1. The van der Waals surface area contributed by atoms with Crippen molar-refractivity contribution in [3.63, 3.8) is 0 Å². The van der Waals surface area contributed by atoms with E-state index in [1.807, 2.05) is 0 Å². The first-order valence-corrected chi connectivity index (χ1v) is 15.1. The van der Waals surface area contributed by atoms with E-state index in [2.05, 4.69) is 10.2 Å². The van der Waals surface area contributed by atoms with Gasteiger partial charge in [0.25, 0.3) is 5.09 Å². The third-order valence-corrected chi connectivity index (χ3v) is 10.8. The Morgan fingerprint density at radius 2 is 1.78 bits per heavy atom. The van der Waals surface area contributed by atoms with Crippen LogP contribution in [0.3, 0.4) is 0 Å². The van der Waals surface area contributed by atoms with Crippen LogP contribution in [0.4, 0.5) is 4.39 Å². The second kappa shape index (κ2) is 12.0. The molecule has 3 saturated carbocycles. The summed E-state index contributed by atoms with van der Waals surface area (Å²) in [5, 5.41) is 46.0. The van der Waals surface area contributed by atoms with Crippen LogP contribution in [0.25, 0.3) is 0 Å². The van der Waals surface area contributed by atoms with Gasteiger partial charge in [-0.2, -0.15) is 0 Å². The number of aliphatic hydroxyl groups is 3. The molecule has 4 N–H and O–H groups in total. The maximum absolute atomic E-state index is 17.2. The molecule has 1 amide bonds. The Hall–Kier alpha value is -4.01. The number of ether oxygens (including phenoxy) is 1. The zero-order valence-corrected chi connectivity index (χ0v) is 25.4. The van der Waals surface area contributed by atoms with Gasteiger partial charge >= 0.3 is 5.97 Å². The number of hydrogen-bond donors (Lipinski definition) is 4. The highest BCUT2D eigenvalue weighted by Gasteiger charge is 2.76. The van der Waals surface area contributed by atoms with E-state index < -0.39 is 82.0 Å². The topological polar surface area (TPSA) is 203 Å². The molecule has 5 rings (SSSR count). The van der Waals surface area contributed by atoms with Gasteiger partial charge in [0.05, 0.1) is 18.6 Å². The summed E-state index contributed by atoms with van der Waals surface area (Å²) in [5.74, 6) is -4.34. The Labute approximate surface area is 263 Å². The maximum atomic E-state index is 17.2. The van der Waals surface area contributed by atoms with Crippen molar-refractivity contribution < 1.29 is 53.5 Å². The van der Waals surface area contributed by atoms with Crippen molar-refractivity contribution in [1.29, 1.82) is 0 Å². The largest absolute Gasteiger partial charge is 0.456 e. The number of nitrogens with zero attached hydrogens (tertiary/aromatic N) is 1. The van der Waals surface area contributed by atoms with Gasteiger partial charge in [0.15, 0.2) is 23.7 Å². The highest BCUT2D eigenvalue weighted by molar-refractivity contribution is 6.01. The number of Topliss-reactive ketones (excluding diaryl/α,β-unsaturated/α-hetero) is 1. The van der Waals surface area contributed by atoms with Crippen molar-refractivity contribution in [2.24, 2.45) is 22.7 Å². The lowest BCUT2D eigenvalue weighted by Crippen LogP contribution is -2.69. The molecule has 3 fully saturated rings. The van der Waals surface area contributed by atoms with E-state index >= 15 is 4.39 Å². The van der Waals surface area contributed by atoms with Gasteiger partial charge in [0.1, 0.15) is 13.2 Å². The van der Waals surface area contributed by atoms with Crippen LogP contribution in [0, 0.1) is 32.8 Å². The molecule has 13 nitrogen and oxygen atoms in total. The molecule has 0 heterocycles. The van der Waals surface area contributed by atoms with E-state index in [-0.39, 0.29) is 38.1 Å². The Kier molecular flexibility index (Phi) is 8.68. The molecule has 0 saturated heterocycles. The quantitative estimate of drug-likeness (QED) is 0.162. The third kappa shape index (κ3) is 5.31. The summed E-state index contributed by atoms with van der Waals surface area (Å²) in [6.45, 7) is 1.42. The van der Waals surface area contributed by atoms with Gasteiger partial charge in [0.2, 0.25) is 11.7 Å². The number of allylic oxidation sites excluding steroid dienone is 4. The molecule has 0 spiro atoms. The van der Waals surface area contributed by atoms with Crippen molar-refractivity contribution in [3.8, 4) is 0 Å². The van der Waals surface area contributed by atoms with Crippen LogP contribution in [0.1, 0.15) is 50.7 Å². The number of hydrogen-bond acceptors (Lipinski definition) is 11. The van der Waals surface area contributed by atoms with E-state index in [9.17, 15) is 44.6 Å². The maximum Gasteiger partial charge on any atom is 0.325 e. The first-order chi connectivity index (χ1) is 21.6. The predicted molar refractivity (Wildman–Crippen MR) is 156 cm³/mol. The van der Waals surface area contributed by atoms with Crippen LogP contribution < -0.4 is 5.32 Å². The van der Waals surface area contributed by atoms with Crippen LogP contribution >= 0.6 is 0 Å². The fourth-order valence-corrected chi connectivity index (χ4v) is 8.34. The van der Waals surface area contributed by atoms with Gasteiger partial charge in [-0.1, -0.05) is 42.8 Å². The van der Waals surface area contributed by atoms with Gasteiger partial charge < -0.3 is 30.2 Å². The molecular formula is C32H37FN2O11. The van der Waals surface area contributed by atoms with Crippen molar-refractivity contribution >= 4 is 23.4 Å². The summed E-state index contributed by atoms with van der Waals surface area (Å²) >= 11 is 0. The second-order valence-corrected chi connectivity index (χ2v) is 13.1. The van der Waals surface area contributed by atoms with Gasteiger partial charge in [-0.15, -0.1) is 10.1 Å². The van der Waals surface area contributed by atoms with E-state index in [1.54, 1.807) is 31.2 Å². The number of aliphatic hydroxyl groups excluding tert-OH is 2. The Bertz CT molecular complexity index is 1510. The van der Waals surface area contributed by atoms with Crippen molar-refractivity contribution in [2.45, 2.75) is 76.0 Å². The second-order valence-electron chi connectivity index (χ2n) is 13.1. The van der Waals surface area contributed by atoms with Gasteiger partial charge in [-0.25, -0.2) is 4.39 Å². The summed E-state index contributed by atoms with van der Waals surface area (Å²) in [6.07, 6.45) is 0.927. The van der Waals surface area contributed by atoms with Crippen LogP contribution in [0.15, 0.2) is 48.1 Å². The highest BCUT2D eigenvalue weighted by Crippen LogP contribution is 2.69. The van der Waals surface area contributed by atoms with Crippen LogP contribution in [0.5, 0.6) is 0 Å². The molecule has 4 aliphatic carbocycles. The number of nitrogens with one attached hydrogen (secondary N) is 1. The standard InChI is InChI=1S/C32H37FN2O11/c1-29-10-9-21(36)12-20(29)7-8-22-23-13-24(37)32(42,30(23,2)14-25(38)31(22,29)33)26(39)17-45-28(41)15-34-27(40)11-18-3-5-19(6-4-18)16-46-35(43)44/h3-6,9-10,12,22-25,37-38,42H,7-8,11,13-17H2,1-2H3,(H,34,40)/t22-,23-,24+,25-,29-,30-,31-,32-/m0/s1. The van der Waals surface area contributed by atoms with Crippen molar-refractivity contribution in [2.75, 3.05) is 13.2 Å². The molecule has 46 heavy (non-hydrogen) atoms. The van der Waals surface area contributed by atoms with Gasteiger partial charge in [-0.3, -0.25) is 19.2 Å². The molecule has 0 radical (unpaired) electrons. The van der Waals surface area contributed by atoms with Crippen LogP contribution in [-0.4, -0.2) is 80.5 Å². The Balaban J connectivity index is 1.19. The average Bonchev–Trinajstić information content (AvgIpc) is 3.20. The number of halogens is 1. The Morgan fingerprint density at radius 3 is 2.46 bits per heavy atom. The third-order valence-electron chi connectivity index (χ3n) is 10.8. The molecule has 0 bridgehead atoms. The lowest BCUT2D eigenvalue weighted by Gasteiger charge is -2.62. The predicted octanol–water partition coefficient (Wildman–Crippen LogP) is 1.24. The monoisotopic (exact) mass is 644 g/mol. The van der Waals surface area contributed by atoms with Crippen LogP contribution in [-0.2, 0) is 41.8 Å². The lowest BCUT2D eigenvalue weighted by atomic mass is 9.44. The number of rotatable bonds is 10. The minimum absolute atomic E-state index is 0.115. The number of carbonyl (C=O) groups excluding carboxylic acids is 4. The summed E-state index contributed by atoms with van der Waals surface area (Å²) in [4.78, 5) is 64.7. The normalized spacial score (nSPS) is 36.0. The number of amides is 1. The van der Waals surface area contributed by atoms with Gasteiger partial charge in [-0.05, 0) is 61.8 Å². The summed E-state index contributed by atoms with van der Waals surface area (Å²) in [6, 6.07) is 6.25. The fraction of sp³-hybridized carbons (Fsp3) is 0.562. The Morgan fingerprint density at radius 1 is 1.11 bits per heavy atom. The van der Waals surface area contributed by atoms with Crippen molar-refractivity contribution in [1.82, 2.24) is 5.32 Å². The number of carbonyl (C=O) groups is 4. The molecule has 0 unspecified atom stereocenters. The summed E-state index contributed by atoms with van der Waals surface area (Å²) in [7, 11) is 0. The molecule has 0 aromatic heterocycles. The van der Waals surface area contributed by atoms with E-state index in [0.29, 0.717) is 23.1 Å². The molecule has 1 aromatic carbocycles. The molecule has 248 valence electrons. The number of benzene rings is 1. The average molecular weight is 645 g/mol. The summed E-state index contributed by atoms with van der Waals surface area (Å²) < 4.78 is 22.3. The highest BCUT2D eigenvalue weighted by atomic mass is 19.1. The fourth-order valence-electron chi connectivity index (χ4n) is 8.34. The first kappa shape index (κ1) is 33.4. The van der Waals surface area contributed by atoms with E-state index in [1.165, 1.54) is 25.2 Å². The zero-order chi connectivity index (χ0) is 33.7. The van der Waals surface area contributed by atoms with Gasteiger partial charge in [0, 0.05) is 16.7 Å². The first-order valence-electron chi connectivity index (χ1n) is 15.1. The minimum Gasteiger partial charge on any atom is -0.456 e. The minimum atomic E-state index is -2.45. The van der Waals surface area contributed by atoms with Crippen molar-refractivity contribution in [3.05, 3.63) is 69.3 Å². The van der Waals surface area contributed by atoms with E-state index in [0.717, 1.165) is 0 Å². The van der Waals surface area contributed by atoms with Crippen LogP contribution in [0.2, 0.25) is 0 Å². The molecular weight excluding hydrogens is 607 g/mol. The molecule has 0 aliphatic heterocycles. The summed E-state index contributed by atoms with van der Waals surface area (Å²) in [5.41, 5.74) is -5.75. The molecule has 4 aliphatic rings. The smallest absolute Gasteiger partial charge is 0.325 e. The number of esters is 1. The number of fused-ring (bicyclic) bond motifs is 5. The van der Waals surface area contributed by atoms with E-state index in [4.69, 9.17) is 4.74 Å². The molecule has 1 aromatic rings. The number of ketones is 2. The zero-order valence-electron chi connectivity index (χ0n) is 25.4. The molecule has 14 heteroatoms.